The Balaban J connectivity index is 1.80. The average Bonchev–Trinajstić information content (AvgIpc) is 3.19. The first-order valence-electron chi connectivity index (χ1n) is 8.08. The third-order valence-electron chi connectivity index (χ3n) is 3.81. The molecule has 3 rings (SSSR count). The second-order valence-electron chi connectivity index (χ2n) is 5.95. The van der Waals surface area contributed by atoms with Gasteiger partial charge in [-0.3, -0.25) is 4.79 Å². The smallest absolute Gasteiger partial charge is 0.416 e. The van der Waals surface area contributed by atoms with Crippen LogP contribution < -0.4 is 5.32 Å². The molecule has 0 saturated carbocycles. The fraction of sp³-hybridized carbons (Fsp3) is 0.176. The molecule has 2 N–H and O–H groups in total. The van der Waals surface area contributed by atoms with Crippen molar-refractivity contribution in [2.75, 3.05) is 0 Å². The number of nitrogens with one attached hydrogen (secondary N) is 1. The van der Waals surface area contributed by atoms with Crippen LogP contribution in [-0.4, -0.2) is 30.8 Å². The van der Waals surface area contributed by atoms with E-state index in [4.69, 9.17) is 0 Å². The van der Waals surface area contributed by atoms with Crippen molar-refractivity contribution in [2.45, 2.75) is 18.9 Å². The maximum atomic E-state index is 12.9. The standard InChI is InChI=1S/C17H11F6N5O2/c18-16(19,20)10-4-9(5-11(6-10)17(21,22)23)7-24-13(29)12-8-25-15(27-14(12)30)28-3-1-2-26-28/h1-6,8H,7H2,(H,24,29)(H,25,27,30). The summed E-state index contributed by atoms with van der Waals surface area (Å²) in [4.78, 5) is 19.7. The van der Waals surface area contributed by atoms with E-state index in [9.17, 15) is 36.2 Å². The molecular weight excluding hydrogens is 420 g/mol. The van der Waals surface area contributed by atoms with Crippen molar-refractivity contribution >= 4 is 5.91 Å². The molecule has 0 atom stereocenters. The van der Waals surface area contributed by atoms with Crippen LogP contribution in [0.25, 0.3) is 5.95 Å². The fourth-order valence-corrected chi connectivity index (χ4v) is 2.42. The van der Waals surface area contributed by atoms with Gasteiger partial charge in [-0.05, 0) is 29.8 Å². The Morgan fingerprint density at radius 3 is 2.20 bits per heavy atom. The number of alkyl halides is 6. The third-order valence-corrected chi connectivity index (χ3v) is 3.81. The minimum Gasteiger partial charge on any atom is -0.493 e. The predicted molar refractivity (Wildman–Crippen MR) is 88.4 cm³/mol. The molecule has 30 heavy (non-hydrogen) atoms. The number of halogens is 6. The van der Waals surface area contributed by atoms with E-state index in [2.05, 4.69) is 20.4 Å². The first-order valence-corrected chi connectivity index (χ1v) is 8.08. The molecule has 13 heteroatoms. The molecule has 2 heterocycles. The topological polar surface area (TPSA) is 92.9 Å². The van der Waals surface area contributed by atoms with Crippen LogP contribution in [0.5, 0.6) is 5.88 Å². The molecule has 0 fully saturated rings. The van der Waals surface area contributed by atoms with Crippen LogP contribution in [0, 0.1) is 0 Å². The minimum absolute atomic E-state index is 0.0149. The Hall–Kier alpha value is -3.64. The van der Waals surface area contributed by atoms with Crippen LogP contribution >= 0.6 is 0 Å². The molecule has 158 valence electrons. The highest BCUT2D eigenvalue weighted by Crippen LogP contribution is 2.36. The van der Waals surface area contributed by atoms with Crippen molar-refractivity contribution in [1.82, 2.24) is 25.1 Å². The zero-order valence-electron chi connectivity index (χ0n) is 14.7. The lowest BCUT2D eigenvalue weighted by molar-refractivity contribution is -0.143. The monoisotopic (exact) mass is 431 g/mol. The zero-order valence-corrected chi connectivity index (χ0v) is 14.7. The highest BCUT2D eigenvalue weighted by Gasteiger charge is 2.36. The largest absolute Gasteiger partial charge is 0.493 e. The molecule has 3 aromatic rings. The van der Waals surface area contributed by atoms with Gasteiger partial charge in [0.2, 0.25) is 5.88 Å². The summed E-state index contributed by atoms with van der Waals surface area (Å²) in [5.41, 5.74) is -3.86. The van der Waals surface area contributed by atoms with Gasteiger partial charge < -0.3 is 10.4 Å². The van der Waals surface area contributed by atoms with Crippen LogP contribution in [-0.2, 0) is 18.9 Å². The Labute approximate surface area is 164 Å². The summed E-state index contributed by atoms with van der Waals surface area (Å²) in [5.74, 6) is -1.79. The number of hydrogen-bond acceptors (Lipinski definition) is 5. The number of carbonyl (C=O) groups is 1. The minimum atomic E-state index is -5.01. The lowest BCUT2D eigenvalue weighted by Crippen LogP contribution is -2.24. The summed E-state index contributed by atoms with van der Waals surface area (Å²) in [6.07, 6.45) is -6.17. The van der Waals surface area contributed by atoms with Gasteiger partial charge in [-0.25, -0.2) is 9.67 Å². The quantitative estimate of drug-likeness (QED) is 0.619. The van der Waals surface area contributed by atoms with Gasteiger partial charge >= 0.3 is 12.4 Å². The van der Waals surface area contributed by atoms with E-state index < -0.39 is 52.9 Å². The van der Waals surface area contributed by atoms with Crippen LogP contribution in [0.1, 0.15) is 27.0 Å². The number of nitrogens with zero attached hydrogens (tertiary/aromatic N) is 4. The van der Waals surface area contributed by atoms with E-state index in [1.54, 1.807) is 6.07 Å². The number of carbonyl (C=O) groups excluding carboxylic acids is 1. The first-order chi connectivity index (χ1) is 13.9. The number of hydrogen-bond donors (Lipinski definition) is 2. The second-order valence-corrected chi connectivity index (χ2v) is 5.95. The Bertz CT molecular complexity index is 1030. The summed E-state index contributed by atoms with van der Waals surface area (Å²) >= 11 is 0. The third kappa shape index (κ3) is 4.67. The zero-order chi connectivity index (χ0) is 22.1. The molecule has 0 spiro atoms. The van der Waals surface area contributed by atoms with Crippen molar-refractivity contribution in [3.05, 3.63) is 65.1 Å². The molecule has 7 nitrogen and oxygen atoms in total. The van der Waals surface area contributed by atoms with Crippen molar-refractivity contribution in [3.63, 3.8) is 0 Å². The Morgan fingerprint density at radius 2 is 1.70 bits per heavy atom. The maximum absolute atomic E-state index is 12.9. The molecule has 0 saturated heterocycles. The SMILES string of the molecule is O=C(NCc1cc(C(F)(F)F)cc(C(F)(F)F)c1)c1cnc(-n2cccn2)nc1O. The van der Waals surface area contributed by atoms with E-state index in [0.29, 0.717) is 12.1 Å². The van der Waals surface area contributed by atoms with Gasteiger partial charge in [-0.1, -0.05) is 0 Å². The molecule has 1 amide bonds. The van der Waals surface area contributed by atoms with Crippen molar-refractivity contribution in [2.24, 2.45) is 0 Å². The van der Waals surface area contributed by atoms with Crippen LogP contribution in [0.3, 0.4) is 0 Å². The molecule has 0 aliphatic carbocycles. The molecule has 2 aromatic heterocycles. The molecule has 0 bridgehead atoms. The lowest BCUT2D eigenvalue weighted by Gasteiger charge is -2.14. The molecule has 0 aliphatic heterocycles. The fourth-order valence-electron chi connectivity index (χ4n) is 2.42. The van der Waals surface area contributed by atoms with Gasteiger partial charge in [0, 0.05) is 25.1 Å². The van der Waals surface area contributed by atoms with Gasteiger partial charge in [0.25, 0.3) is 11.9 Å². The van der Waals surface area contributed by atoms with E-state index in [0.717, 1.165) is 6.20 Å². The average molecular weight is 431 g/mol. The van der Waals surface area contributed by atoms with E-state index >= 15 is 0 Å². The Kier molecular flexibility index (Phi) is 5.37. The molecule has 0 aliphatic rings. The molecule has 1 aromatic carbocycles. The number of aromatic nitrogens is 4. The van der Waals surface area contributed by atoms with Crippen LogP contribution in [0.4, 0.5) is 26.3 Å². The lowest BCUT2D eigenvalue weighted by atomic mass is 10.0. The summed E-state index contributed by atoms with van der Waals surface area (Å²) in [5, 5.41) is 15.9. The number of benzene rings is 1. The van der Waals surface area contributed by atoms with Crippen LogP contribution in [0.15, 0.2) is 42.9 Å². The summed E-state index contributed by atoms with van der Waals surface area (Å²) in [6.45, 7) is -0.661. The van der Waals surface area contributed by atoms with Gasteiger partial charge in [0.05, 0.1) is 11.1 Å². The van der Waals surface area contributed by atoms with Gasteiger partial charge in [0.1, 0.15) is 5.56 Å². The second kappa shape index (κ2) is 7.65. The normalized spacial score (nSPS) is 12.1. The number of rotatable bonds is 4. The highest BCUT2D eigenvalue weighted by molar-refractivity contribution is 5.95. The molecule has 0 unspecified atom stereocenters. The van der Waals surface area contributed by atoms with E-state index in [1.807, 2.05) is 0 Å². The highest BCUT2D eigenvalue weighted by atomic mass is 19.4. The maximum Gasteiger partial charge on any atom is 0.416 e. The van der Waals surface area contributed by atoms with Crippen molar-refractivity contribution in [1.29, 1.82) is 0 Å². The van der Waals surface area contributed by atoms with Crippen molar-refractivity contribution < 1.29 is 36.2 Å². The van der Waals surface area contributed by atoms with Gasteiger partial charge in [-0.2, -0.15) is 36.4 Å². The summed E-state index contributed by atoms with van der Waals surface area (Å²) < 4.78 is 78.6. The number of aromatic hydroxyl groups is 1. The summed E-state index contributed by atoms with van der Waals surface area (Å²) in [7, 11) is 0. The van der Waals surface area contributed by atoms with Gasteiger partial charge in [0.15, 0.2) is 0 Å². The van der Waals surface area contributed by atoms with E-state index in [1.165, 1.54) is 17.1 Å². The van der Waals surface area contributed by atoms with E-state index in [-0.39, 0.29) is 12.0 Å². The predicted octanol–water partition coefficient (Wildman–Crippen LogP) is 3.34. The van der Waals surface area contributed by atoms with Crippen molar-refractivity contribution in [3.8, 4) is 11.8 Å². The molecular formula is C17H11F6N5O2. The molecule has 0 radical (unpaired) electrons. The number of amides is 1. The Morgan fingerprint density at radius 1 is 1.07 bits per heavy atom. The first kappa shape index (κ1) is 21.1. The summed E-state index contributed by atoms with van der Waals surface area (Å²) in [6, 6.07) is 2.53. The van der Waals surface area contributed by atoms with Crippen LogP contribution in [0.2, 0.25) is 0 Å². The van der Waals surface area contributed by atoms with Gasteiger partial charge in [-0.15, -0.1) is 0 Å².